The van der Waals surface area contributed by atoms with Gasteiger partial charge in [-0.15, -0.1) is 0 Å². The van der Waals surface area contributed by atoms with Crippen molar-refractivity contribution in [1.29, 1.82) is 0 Å². The van der Waals surface area contributed by atoms with Gasteiger partial charge in [0.1, 0.15) is 0 Å². The van der Waals surface area contributed by atoms with E-state index >= 15 is 0 Å². The number of allylic oxidation sites excluding steroid dienone is 1. The highest BCUT2D eigenvalue weighted by atomic mass is 127. The Hall–Kier alpha value is -2.42. The molecule has 2 saturated heterocycles. The monoisotopic (exact) mass is 709 g/mol. The molecule has 3 aliphatic rings. The highest BCUT2D eigenvalue weighted by Crippen LogP contribution is 2.50. The first-order valence-electron chi connectivity index (χ1n) is 15.0. The first-order valence-corrected chi connectivity index (χ1v) is 16.0. The summed E-state index contributed by atoms with van der Waals surface area (Å²) in [6, 6.07) is 3.69. The molecule has 0 unspecified atom stereocenters. The van der Waals surface area contributed by atoms with Crippen LogP contribution in [0.4, 0.5) is 0 Å². The van der Waals surface area contributed by atoms with Gasteiger partial charge in [-0.1, -0.05) is 25.0 Å². The number of ether oxygens (including phenoxy) is 2. The summed E-state index contributed by atoms with van der Waals surface area (Å²) in [6.45, 7) is 2.68. The third-order valence-electron chi connectivity index (χ3n) is 8.81. The van der Waals surface area contributed by atoms with Crippen LogP contribution in [0, 0.1) is 21.3 Å². The van der Waals surface area contributed by atoms with Gasteiger partial charge in [-0.05, 0) is 102 Å². The number of phenols is 1. The summed E-state index contributed by atoms with van der Waals surface area (Å²) in [5, 5.41) is 29.9. The Bertz CT molecular complexity index is 1280. The molecule has 1 aromatic carbocycles. The summed E-state index contributed by atoms with van der Waals surface area (Å²) in [5.74, 6) is -2.08. The van der Waals surface area contributed by atoms with Crippen molar-refractivity contribution in [3.05, 3.63) is 38.0 Å². The fraction of sp³-hybridized carbons (Fsp3) is 0.581. The van der Waals surface area contributed by atoms with E-state index in [0.29, 0.717) is 54.5 Å². The van der Waals surface area contributed by atoms with Gasteiger partial charge in [0.15, 0.2) is 11.5 Å². The minimum atomic E-state index is -1.05. The van der Waals surface area contributed by atoms with Crippen molar-refractivity contribution in [2.24, 2.45) is 17.8 Å². The Morgan fingerprint density at radius 3 is 2.60 bits per heavy atom. The molecule has 0 bridgehead atoms. The van der Waals surface area contributed by atoms with Crippen LogP contribution < -0.4 is 4.74 Å². The number of carbonyl (C=O) groups is 3. The highest BCUT2D eigenvalue weighted by Gasteiger charge is 2.57. The standard InChI is InChI=1S/C31H41BINO9/c1-4-18(12-19-13-23(33)29(37)25(14-19)42-3)9-10-24-27-20(17-41-2)15-21-28(22(27)16-32(40)43-24)31(39)34(30(21)38)11-7-5-6-8-26(35)36/h12-14,21-22,24,28,37,40H,4-11,15-17H2,1-3H3,(H,35,36)/b18-12+/t21-,22+,24-,28-/m1/s1. The van der Waals surface area contributed by atoms with E-state index in [-0.39, 0.29) is 42.8 Å². The predicted molar refractivity (Wildman–Crippen MR) is 169 cm³/mol. The molecule has 2 aliphatic heterocycles. The van der Waals surface area contributed by atoms with Crippen molar-refractivity contribution >= 4 is 53.6 Å². The molecular weight excluding hydrogens is 668 g/mol. The van der Waals surface area contributed by atoms with Gasteiger partial charge >= 0.3 is 13.1 Å². The van der Waals surface area contributed by atoms with Crippen molar-refractivity contribution < 1.29 is 43.7 Å². The zero-order chi connectivity index (χ0) is 31.3. The topological polar surface area (TPSA) is 143 Å². The van der Waals surface area contributed by atoms with Crippen LogP contribution in [0.5, 0.6) is 11.5 Å². The molecule has 2 amide bonds. The average molecular weight is 709 g/mol. The molecule has 4 atom stereocenters. The van der Waals surface area contributed by atoms with E-state index in [2.05, 4.69) is 35.6 Å². The van der Waals surface area contributed by atoms with E-state index in [1.54, 1.807) is 13.2 Å². The number of imide groups is 1. The quantitative estimate of drug-likeness (QED) is 0.0827. The van der Waals surface area contributed by atoms with Crippen molar-refractivity contribution in [1.82, 2.24) is 4.90 Å². The molecule has 43 heavy (non-hydrogen) atoms. The number of hydrogen-bond donors (Lipinski definition) is 3. The molecule has 3 N–H and O–H groups in total. The molecule has 234 valence electrons. The number of likely N-dealkylation sites (tertiary alicyclic amines) is 1. The molecule has 1 aliphatic carbocycles. The fourth-order valence-corrected chi connectivity index (χ4v) is 7.44. The number of benzene rings is 1. The maximum Gasteiger partial charge on any atom is 0.455 e. The maximum atomic E-state index is 13.7. The number of carbonyl (C=O) groups excluding carboxylic acids is 2. The summed E-state index contributed by atoms with van der Waals surface area (Å²) in [6.07, 6.45) is 6.15. The Kier molecular flexibility index (Phi) is 11.7. The summed E-state index contributed by atoms with van der Waals surface area (Å²) in [5.41, 5.74) is 4.02. The maximum absolute atomic E-state index is 13.7. The van der Waals surface area contributed by atoms with Gasteiger partial charge in [-0.3, -0.25) is 19.3 Å². The van der Waals surface area contributed by atoms with Gasteiger partial charge < -0.3 is 29.4 Å². The zero-order valence-electron chi connectivity index (χ0n) is 25.0. The predicted octanol–water partition coefficient (Wildman–Crippen LogP) is 4.67. The lowest BCUT2D eigenvalue weighted by molar-refractivity contribution is -0.141. The number of aromatic hydroxyl groups is 1. The lowest BCUT2D eigenvalue weighted by Gasteiger charge is -2.43. The number of unbranched alkanes of at least 4 members (excludes halogenated alkanes) is 2. The van der Waals surface area contributed by atoms with E-state index in [1.807, 2.05) is 6.07 Å². The van der Waals surface area contributed by atoms with Gasteiger partial charge in [0, 0.05) is 20.1 Å². The molecule has 0 spiro atoms. The zero-order valence-corrected chi connectivity index (χ0v) is 27.2. The Balaban J connectivity index is 1.54. The summed E-state index contributed by atoms with van der Waals surface area (Å²) < 4.78 is 17.7. The van der Waals surface area contributed by atoms with Crippen LogP contribution in [-0.2, 0) is 23.8 Å². The summed E-state index contributed by atoms with van der Waals surface area (Å²) in [4.78, 5) is 39.3. The number of carboxylic acid groups (broad SMARTS) is 1. The number of nitrogens with zero attached hydrogens (tertiary/aromatic N) is 1. The average Bonchev–Trinajstić information content (AvgIpc) is 3.20. The van der Waals surface area contributed by atoms with Gasteiger partial charge in [0.05, 0.1) is 35.2 Å². The number of aliphatic carboxylic acids is 1. The number of methoxy groups -OCH3 is 2. The molecule has 0 saturated carbocycles. The van der Waals surface area contributed by atoms with E-state index in [4.69, 9.17) is 19.2 Å². The molecule has 12 heteroatoms. The first kappa shape index (κ1) is 33.5. The van der Waals surface area contributed by atoms with E-state index < -0.39 is 31.0 Å². The van der Waals surface area contributed by atoms with Gasteiger partial charge in [-0.2, -0.15) is 0 Å². The molecule has 2 heterocycles. The van der Waals surface area contributed by atoms with Crippen molar-refractivity contribution in [2.75, 3.05) is 27.4 Å². The number of halogens is 1. The minimum Gasteiger partial charge on any atom is -0.504 e. The molecule has 0 aromatic heterocycles. The highest BCUT2D eigenvalue weighted by molar-refractivity contribution is 14.1. The molecule has 2 fully saturated rings. The third kappa shape index (κ3) is 7.63. The number of rotatable bonds is 14. The van der Waals surface area contributed by atoms with Gasteiger partial charge in [0.2, 0.25) is 11.8 Å². The normalized spacial score (nSPS) is 24.0. The van der Waals surface area contributed by atoms with E-state index in [9.17, 15) is 24.5 Å². The number of phenolic OH excluding ortho intramolecular Hbond substituents is 1. The third-order valence-corrected chi connectivity index (χ3v) is 9.64. The fourth-order valence-electron chi connectivity index (χ4n) is 6.82. The number of hydrogen-bond acceptors (Lipinski definition) is 8. The van der Waals surface area contributed by atoms with Crippen LogP contribution in [0.1, 0.15) is 63.9 Å². The van der Waals surface area contributed by atoms with Crippen molar-refractivity contribution in [2.45, 2.75) is 70.7 Å². The van der Waals surface area contributed by atoms with Crippen LogP contribution >= 0.6 is 22.6 Å². The molecular formula is C31H41BINO9. The lowest BCUT2D eigenvalue weighted by Crippen LogP contribution is -2.46. The van der Waals surface area contributed by atoms with Crippen molar-refractivity contribution in [3.63, 3.8) is 0 Å². The largest absolute Gasteiger partial charge is 0.504 e. The molecule has 0 radical (unpaired) electrons. The second-order valence-corrected chi connectivity index (χ2v) is 12.7. The van der Waals surface area contributed by atoms with Crippen molar-refractivity contribution in [3.8, 4) is 11.5 Å². The Morgan fingerprint density at radius 2 is 1.93 bits per heavy atom. The van der Waals surface area contributed by atoms with Crippen LogP contribution in [0.3, 0.4) is 0 Å². The lowest BCUT2D eigenvalue weighted by atomic mass is 9.58. The minimum absolute atomic E-state index is 0.0690. The summed E-state index contributed by atoms with van der Waals surface area (Å²) >= 11 is 2.08. The number of fused-ring (bicyclic) bond motifs is 3. The van der Waals surface area contributed by atoms with E-state index in [1.165, 1.54) is 12.0 Å². The SMILES string of the molecule is CC/C(=C\c1cc(I)c(O)c(OC)c1)CC[C@H]1OB(O)C[C@H]2C1=C(COC)C[C@H]1C(=O)N(CCCCCC(=O)O)C(=O)[C@H]12. The molecule has 10 nitrogen and oxygen atoms in total. The van der Waals surface area contributed by atoms with Crippen LogP contribution in [0.25, 0.3) is 6.08 Å². The van der Waals surface area contributed by atoms with Crippen LogP contribution in [0.2, 0.25) is 6.32 Å². The number of carboxylic acids is 1. The van der Waals surface area contributed by atoms with Gasteiger partial charge in [0.25, 0.3) is 0 Å². The Morgan fingerprint density at radius 1 is 1.16 bits per heavy atom. The molecule has 4 rings (SSSR count). The Labute approximate surface area is 266 Å². The second kappa shape index (κ2) is 15.0. The van der Waals surface area contributed by atoms with Crippen LogP contribution in [-0.4, -0.2) is 78.5 Å². The number of amides is 2. The second-order valence-electron chi connectivity index (χ2n) is 11.5. The summed E-state index contributed by atoms with van der Waals surface area (Å²) in [7, 11) is 2.08. The first-order chi connectivity index (χ1) is 20.6. The van der Waals surface area contributed by atoms with E-state index in [0.717, 1.165) is 28.7 Å². The molecule has 1 aromatic rings. The van der Waals surface area contributed by atoms with Crippen LogP contribution in [0.15, 0.2) is 28.9 Å². The van der Waals surface area contributed by atoms with Gasteiger partial charge in [-0.25, -0.2) is 0 Å². The smallest absolute Gasteiger partial charge is 0.455 e.